The summed E-state index contributed by atoms with van der Waals surface area (Å²) in [5.74, 6) is 0. The van der Waals surface area contributed by atoms with Gasteiger partial charge in [0.05, 0.1) is 28.2 Å². The van der Waals surface area contributed by atoms with Crippen LogP contribution in [0.25, 0.3) is 22.4 Å². The van der Waals surface area contributed by atoms with E-state index in [1.54, 1.807) is 12.1 Å². The van der Waals surface area contributed by atoms with Gasteiger partial charge in [-0.1, -0.05) is 13.3 Å². The lowest BCUT2D eigenvalue weighted by Crippen LogP contribution is -2.19. The topological polar surface area (TPSA) is 53.9 Å². The molecule has 0 amide bonds. The maximum Gasteiger partial charge on any atom is 0.418 e. The number of rotatable bonds is 8. The zero-order valence-corrected chi connectivity index (χ0v) is 20.7. The van der Waals surface area contributed by atoms with Gasteiger partial charge in [0.2, 0.25) is 0 Å². The molecule has 1 N–H and O–H groups in total. The number of hydrogen-bond donors (Lipinski definition) is 1. The predicted molar refractivity (Wildman–Crippen MR) is 134 cm³/mol. The van der Waals surface area contributed by atoms with Crippen LogP contribution >= 0.6 is 0 Å². The summed E-state index contributed by atoms with van der Waals surface area (Å²) in [7, 11) is 1.93. The van der Waals surface area contributed by atoms with E-state index in [9.17, 15) is 26.3 Å². The molecule has 0 radical (unpaired) electrons. The fourth-order valence-electron chi connectivity index (χ4n) is 3.99. The van der Waals surface area contributed by atoms with E-state index >= 15 is 0 Å². The molecule has 200 valence electrons. The molecule has 4 aromatic rings. The third kappa shape index (κ3) is 6.39. The summed E-state index contributed by atoms with van der Waals surface area (Å²) in [4.78, 5) is 15.0. The van der Waals surface area contributed by atoms with Crippen LogP contribution in [0.15, 0.2) is 60.8 Å². The maximum atomic E-state index is 13.6. The molecule has 0 aliphatic carbocycles. The zero-order valence-electron chi connectivity index (χ0n) is 20.7. The lowest BCUT2D eigenvalue weighted by molar-refractivity contribution is -0.138. The zero-order chi connectivity index (χ0) is 27.5. The van der Waals surface area contributed by atoms with E-state index in [4.69, 9.17) is 0 Å². The predicted octanol–water partition coefficient (Wildman–Crippen LogP) is 7.70. The van der Waals surface area contributed by atoms with Crippen LogP contribution in [0.5, 0.6) is 0 Å². The molecule has 38 heavy (non-hydrogen) atoms. The third-order valence-corrected chi connectivity index (χ3v) is 5.90. The number of aromatic nitrogens is 3. The molecule has 11 heteroatoms. The minimum Gasteiger partial charge on any atom is -0.355 e. The molecule has 3 heterocycles. The second kappa shape index (κ2) is 10.9. The highest BCUT2D eigenvalue weighted by Gasteiger charge is 2.34. The monoisotopic (exact) mass is 533 g/mol. The van der Waals surface area contributed by atoms with Crippen LogP contribution in [-0.2, 0) is 18.9 Å². The molecule has 5 nitrogen and oxygen atoms in total. The number of nitrogens with one attached hydrogen (secondary N) is 1. The van der Waals surface area contributed by atoms with E-state index in [0.29, 0.717) is 29.0 Å². The number of anilines is 2. The molecule has 0 fully saturated rings. The van der Waals surface area contributed by atoms with Gasteiger partial charge in [-0.15, -0.1) is 0 Å². The summed E-state index contributed by atoms with van der Waals surface area (Å²) in [6, 6.07) is 11.5. The largest absolute Gasteiger partial charge is 0.418 e. The van der Waals surface area contributed by atoms with Gasteiger partial charge in [0.1, 0.15) is 5.69 Å². The van der Waals surface area contributed by atoms with Gasteiger partial charge >= 0.3 is 12.4 Å². The van der Waals surface area contributed by atoms with Crippen molar-refractivity contribution in [3.05, 3.63) is 77.6 Å². The van der Waals surface area contributed by atoms with Gasteiger partial charge in [-0.2, -0.15) is 26.3 Å². The standard InChI is InChI=1S/C27H25F6N5/c1-3-4-14-38(2)16-19-15-23(35-18-9-7-17(8-10-18)26(28,29)30)20-11-12-22(37-25(20)36-19)24-21(27(31,32)33)6-5-13-34-24/h5-13,15H,3-4,14,16H2,1-2H3,(H,35,36,37). The first kappa shape index (κ1) is 27.3. The van der Waals surface area contributed by atoms with Gasteiger partial charge < -0.3 is 10.2 Å². The summed E-state index contributed by atoms with van der Waals surface area (Å²) < 4.78 is 79.7. The Morgan fingerprint density at radius 3 is 2.29 bits per heavy atom. The van der Waals surface area contributed by atoms with E-state index in [1.807, 2.05) is 7.05 Å². The Kier molecular flexibility index (Phi) is 7.86. The molecule has 0 spiro atoms. The van der Waals surface area contributed by atoms with Crippen LogP contribution in [0, 0.1) is 0 Å². The van der Waals surface area contributed by atoms with Crippen molar-refractivity contribution in [2.24, 2.45) is 0 Å². The number of nitrogens with zero attached hydrogens (tertiary/aromatic N) is 4. The highest BCUT2D eigenvalue weighted by molar-refractivity contribution is 5.92. The normalized spacial score (nSPS) is 12.3. The number of fused-ring (bicyclic) bond motifs is 1. The maximum absolute atomic E-state index is 13.6. The van der Waals surface area contributed by atoms with Crippen LogP contribution in [0.4, 0.5) is 37.7 Å². The van der Waals surface area contributed by atoms with E-state index in [1.165, 1.54) is 30.5 Å². The first-order valence-corrected chi connectivity index (χ1v) is 11.9. The Hall–Kier alpha value is -3.73. The summed E-state index contributed by atoms with van der Waals surface area (Å²) in [5.41, 5.74) is -0.271. The molecule has 3 aromatic heterocycles. The first-order valence-electron chi connectivity index (χ1n) is 11.9. The molecule has 4 rings (SSSR count). The van der Waals surface area contributed by atoms with Crippen molar-refractivity contribution in [2.45, 2.75) is 38.7 Å². The number of halogens is 6. The van der Waals surface area contributed by atoms with Crippen LogP contribution in [-0.4, -0.2) is 33.4 Å². The van der Waals surface area contributed by atoms with Gasteiger partial charge in [-0.05, 0) is 74.6 Å². The number of unbranched alkanes of at least 4 members (excludes halogenated alkanes) is 1. The molecule has 0 saturated heterocycles. The van der Waals surface area contributed by atoms with E-state index < -0.39 is 23.5 Å². The fraction of sp³-hybridized carbons (Fsp3) is 0.296. The molecule has 1 aromatic carbocycles. The summed E-state index contributed by atoms with van der Waals surface area (Å²) in [5, 5.41) is 3.61. The molecular formula is C27H25F6N5. The van der Waals surface area contributed by atoms with Crippen LogP contribution < -0.4 is 5.32 Å². The second-order valence-electron chi connectivity index (χ2n) is 8.92. The van der Waals surface area contributed by atoms with E-state index in [-0.39, 0.29) is 17.0 Å². The highest BCUT2D eigenvalue weighted by Crippen LogP contribution is 2.36. The molecule has 0 saturated carbocycles. The van der Waals surface area contributed by atoms with Gasteiger partial charge in [0, 0.05) is 23.8 Å². The number of alkyl halides is 6. The third-order valence-electron chi connectivity index (χ3n) is 5.90. The average molecular weight is 534 g/mol. The van der Waals surface area contributed by atoms with Crippen molar-refractivity contribution in [2.75, 3.05) is 18.9 Å². The lowest BCUT2D eigenvalue weighted by atomic mass is 10.1. The molecule has 0 atom stereocenters. The van der Waals surface area contributed by atoms with Gasteiger partial charge in [0.15, 0.2) is 5.65 Å². The van der Waals surface area contributed by atoms with E-state index in [2.05, 4.69) is 32.1 Å². The van der Waals surface area contributed by atoms with Crippen molar-refractivity contribution in [1.29, 1.82) is 0 Å². The van der Waals surface area contributed by atoms with Crippen molar-refractivity contribution in [3.8, 4) is 11.4 Å². The van der Waals surface area contributed by atoms with Crippen molar-refractivity contribution < 1.29 is 26.3 Å². The van der Waals surface area contributed by atoms with Crippen molar-refractivity contribution >= 4 is 22.4 Å². The summed E-state index contributed by atoms with van der Waals surface area (Å²) >= 11 is 0. The Bertz CT molecular complexity index is 1400. The van der Waals surface area contributed by atoms with Gasteiger partial charge in [0.25, 0.3) is 0 Å². The smallest absolute Gasteiger partial charge is 0.355 e. The van der Waals surface area contributed by atoms with Gasteiger partial charge in [-0.25, -0.2) is 9.97 Å². The Balaban J connectivity index is 1.78. The quantitative estimate of drug-likeness (QED) is 0.235. The first-order chi connectivity index (χ1) is 18.0. The number of pyridine rings is 3. The van der Waals surface area contributed by atoms with Crippen LogP contribution in [0.2, 0.25) is 0 Å². The summed E-state index contributed by atoms with van der Waals surface area (Å²) in [6.07, 6.45) is -5.83. The Labute approximate surface area is 215 Å². The Morgan fingerprint density at radius 2 is 1.63 bits per heavy atom. The molecule has 0 bridgehead atoms. The van der Waals surface area contributed by atoms with Crippen molar-refractivity contribution in [1.82, 2.24) is 19.9 Å². The van der Waals surface area contributed by atoms with Gasteiger partial charge in [-0.3, -0.25) is 4.98 Å². The van der Waals surface area contributed by atoms with E-state index in [0.717, 1.165) is 37.6 Å². The highest BCUT2D eigenvalue weighted by atomic mass is 19.4. The van der Waals surface area contributed by atoms with Crippen molar-refractivity contribution in [3.63, 3.8) is 0 Å². The minimum atomic E-state index is -4.62. The Morgan fingerprint density at radius 1 is 0.895 bits per heavy atom. The van der Waals surface area contributed by atoms with Crippen LogP contribution in [0.3, 0.4) is 0 Å². The average Bonchev–Trinajstić information content (AvgIpc) is 2.86. The lowest BCUT2D eigenvalue weighted by Gasteiger charge is -2.18. The SMILES string of the molecule is CCCCN(C)Cc1cc(Nc2ccc(C(F)(F)F)cc2)c2ccc(-c3ncccc3C(F)(F)F)nc2n1. The molecular weight excluding hydrogens is 508 g/mol. The minimum absolute atomic E-state index is 0.00916. The second-order valence-corrected chi connectivity index (χ2v) is 8.92. The molecule has 0 unspecified atom stereocenters. The summed E-state index contributed by atoms with van der Waals surface area (Å²) in [6.45, 7) is 3.33. The molecule has 0 aliphatic heterocycles. The van der Waals surface area contributed by atoms with Crippen LogP contribution in [0.1, 0.15) is 36.6 Å². The number of hydrogen-bond acceptors (Lipinski definition) is 5. The number of benzene rings is 1. The fourth-order valence-corrected chi connectivity index (χ4v) is 3.99. The molecule has 0 aliphatic rings.